The smallest absolute Gasteiger partial charge is 0.228 e. The van der Waals surface area contributed by atoms with Crippen LogP contribution in [0.2, 0.25) is 0 Å². The number of hydrogen-bond donors (Lipinski definition) is 1. The first-order chi connectivity index (χ1) is 8.33. The maximum atomic E-state index is 5.57. The minimum absolute atomic E-state index is 0.597. The van der Waals surface area contributed by atoms with E-state index in [4.69, 9.17) is 10.5 Å². The minimum atomic E-state index is 0.597. The number of rotatable bonds is 4. The highest BCUT2D eigenvalue weighted by Crippen LogP contribution is 2.19. The number of aromatic nitrogens is 2. The van der Waals surface area contributed by atoms with Gasteiger partial charge >= 0.3 is 0 Å². The molecule has 0 aliphatic carbocycles. The molecule has 5 heteroatoms. The maximum absolute atomic E-state index is 5.57. The van der Waals surface area contributed by atoms with Crippen molar-refractivity contribution in [3.05, 3.63) is 11.8 Å². The summed E-state index contributed by atoms with van der Waals surface area (Å²) < 4.78 is 5.21. The molecule has 5 nitrogen and oxygen atoms in total. The molecule has 0 unspecified atom stereocenters. The van der Waals surface area contributed by atoms with Crippen LogP contribution in [-0.4, -0.2) is 36.7 Å². The average molecular weight is 236 g/mol. The lowest BCUT2D eigenvalue weighted by Gasteiger charge is -2.27. The normalized spacial score (nSPS) is 16.0. The summed E-state index contributed by atoms with van der Waals surface area (Å²) in [6.07, 6.45) is 4.50. The SMILES string of the molecule is COc1cc(CCN)nc(N2CCCCC2)n1. The van der Waals surface area contributed by atoms with Crippen LogP contribution in [0, 0.1) is 0 Å². The number of ether oxygens (including phenoxy) is 1. The van der Waals surface area contributed by atoms with Gasteiger partial charge in [-0.05, 0) is 25.8 Å². The molecule has 1 fully saturated rings. The highest BCUT2D eigenvalue weighted by atomic mass is 16.5. The lowest BCUT2D eigenvalue weighted by atomic mass is 10.1. The van der Waals surface area contributed by atoms with E-state index in [1.54, 1.807) is 7.11 Å². The predicted octanol–water partition coefficient (Wildman–Crippen LogP) is 0.977. The zero-order valence-corrected chi connectivity index (χ0v) is 10.4. The second-order valence-corrected chi connectivity index (χ2v) is 4.29. The third-order valence-corrected chi connectivity index (χ3v) is 2.99. The van der Waals surface area contributed by atoms with Crippen molar-refractivity contribution < 1.29 is 4.74 Å². The third-order valence-electron chi connectivity index (χ3n) is 2.99. The minimum Gasteiger partial charge on any atom is -0.481 e. The van der Waals surface area contributed by atoms with E-state index in [0.717, 1.165) is 31.2 Å². The van der Waals surface area contributed by atoms with Gasteiger partial charge < -0.3 is 15.4 Å². The molecule has 0 atom stereocenters. The van der Waals surface area contributed by atoms with E-state index in [2.05, 4.69) is 14.9 Å². The molecule has 1 aliphatic heterocycles. The summed E-state index contributed by atoms with van der Waals surface area (Å²) in [6, 6.07) is 1.86. The zero-order valence-electron chi connectivity index (χ0n) is 10.4. The van der Waals surface area contributed by atoms with Crippen LogP contribution in [0.4, 0.5) is 5.95 Å². The molecule has 2 rings (SSSR count). The van der Waals surface area contributed by atoms with Gasteiger partial charge in [-0.2, -0.15) is 4.98 Å². The van der Waals surface area contributed by atoms with E-state index in [1.165, 1.54) is 19.3 Å². The van der Waals surface area contributed by atoms with E-state index < -0.39 is 0 Å². The zero-order chi connectivity index (χ0) is 12.1. The highest BCUT2D eigenvalue weighted by molar-refractivity contribution is 5.35. The fourth-order valence-electron chi connectivity index (χ4n) is 2.07. The summed E-state index contributed by atoms with van der Waals surface area (Å²) in [7, 11) is 1.63. The molecular formula is C12H20N4O. The van der Waals surface area contributed by atoms with Crippen molar-refractivity contribution in [3.63, 3.8) is 0 Å². The number of nitrogens with zero attached hydrogens (tertiary/aromatic N) is 3. The quantitative estimate of drug-likeness (QED) is 0.844. The van der Waals surface area contributed by atoms with Crippen molar-refractivity contribution in [2.75, 3.05) is 31.6 Å². The molecule has 0 bridgehead atoms. The molecule has 0 amide bonds. The monoisotopic (exact) mass is 236 g/mol. The van der Waals surface area contributed by atoms with Gasteiger partial charge in [-0.3, -0.25) is 0 Å². The first kappa shape index (κ1) is 12.1. The van der Waals surface area contributed by atoms with Crippen LogP contribution >= 0.6 is 0 Å². The van der Waals surface area contributed by atoms with Gasteiger partial charge in [0.05, 0.1) is 12.8 Å². The molecule has 0 radical (unpaired) electrons. The van der Waals surface area contributed by atoms with Crippen LogP contribution in [0.25, 0.3) is 0 Å². The Morgan fingerprint density at radius 1 is 1.29 bits per heavy atom. The van der Waals surface area contributed by atoms with Gasteiger partial charge in [-0.1, -0.05) is 0 Å². The van der Waals surface area contributed by atoms with E-state index in [1.807, 2.05) is 6.07 Å². The first-order valence-corrected chi connectivity index (χ1v) is 6.20. The number of anilines is 1. The molecular weight excluding hydrogens is 216 g/mol. The van der Waals surface area contributed by atoms with Gasteiger partial charge in [0.1, 0.15) is 0 Å². The number of nitrogens with two attached hydrogens (primary N) is 1. The molecule has 1 saturated heterocycles. The Morgan fingerprint density at radius 3 is 2.71 bits per heavy atom. The molecule has 1 aliphatic rings. The molecule has 1 aromatic heterocycles. The Morgan fingerprint density at radius 2 is 2.06 bits per heavy atom. The Balaban J connectivity index is 2.21. The summed E-state index contributed by atoms with van der Waals surface area (Å²) in [6.45, 7) is 2.67. The van der Waals surface area contributed by atoms with E-state index in [-0.39, 0.29) is 0 Å². The second-order valence-electron chi connectivity index (χ2n) is 4.29. The summed E-state index contributed by atoms with van der Waals surface area (Å²) >= 11 is 0. The maximum Gasteiger partial charge on any atom is 0.228 e. The molecule has 94 valence electrons. The molecule has 17 heavy (non-hydrogen) atoms. The van der Waals surface area contributed by atoms with Crippen LogP contribution in [-0.2, 0) is 6.42 Å². The van der Waals surface area contributed by atoms with Crippen LogP contribution < -0.4 is 15.4 Å². The summed E-state index contributed by atoms with van der Waals surface area (Å²) in [5.74, 6) is 1.41. The first-order valence-electron chi connectivity index (χ1n) is 6.20. The van der Waals surface area contributed by atoms with Crippen molar-refractivity contribution in [2.24, 2.45) is 5.73 Å². The van der Waals surface area contributed by atoms with E-state index >= 15 is 0 Å². The average Bonchev–Trinajstić information content (AvgIpc) is 2.40. The lowest BCUT2D eigenvalue weighted by Crippen LogP contribution is -2.31. The largest absolute Gasteiger partial charge is 0.481 e. The number of methoxy groups -OCH3 is 1. The van der Waals surface area contributed by atoms with Gasteiger partial charge in [0.25, 0.3) is 0 Å². The van der Waals surface area contributed by atoms with Gasteiger partial charge in [0.15, 0.2) is 0 Å². The van der Waals surface area contributed by atoms with E-state index in [9.17, 15) is 0 Å². The molecule has 2 heterocycles. The third kappa shape index (κ3) is 3.06. The van der Waals surface area contributed by atoms with Crippen LogP contribution in [0.3, 0.4) is 0 Å². The number of hydrogen-bond acceptors (Lipinski definition) is 5. The highest BCUT2D eigenvalue weighted by Gasteiger charge is 2.15. The summed E-state index contributed by atoms with van der Waals surface area (Å²) in [5, 5.41) is 0. The van der Waals surface area contributed by atoms with Crippen molar-refractivity contribution in [2.45, 2.75) is 25.7 Å². The molecule has 2 N–H and O–H groups in total. The predicted molar refractivity (Wildman–Crippen MR) is 67.4 cm³/mol. The van der Waals surface area contributed by atoms with Crippen molar-refractivity contribution >= 4 is 5.95 Å². The fraction of sp³-hybridized carbons (Fsp3) is 0.667. The van der Waals surface area contributed by atoms with Crippen LogP contribution in [0.15, 0.2) is 6.07 Å². The lowest BCUT2D eigenvalue weighted by molar-refractivity contribution is 0.395. The Bertz CT molecular complexity index is 364. The Labute approximate surface area is 102 Å². The summed E-state index contributed by atoms with van der Waals surface area (Å²) in [4.78, 5) is 11.2. The van der Waals surface area contributed by atoms with Crippen LogP contribution in [0.5, 0.6) is 5.88 Å². The van der Waals surface area contributed by atoms with Crippen molar-refractivity contribution in [3.8, 4) is 5.88 Å². The standard InChI is InChI=1S/C12H20N4O/c1-17-11-9-10(5-6-13)14-12(15-11)16-7-3-2-4-8-16/h9H,2-8,13H2,1H3. The Hall–Kier alpha value is -1.36. The fourth-order valence-corrected chi connectivity index (χ4v) is 2.07. The second kappa shape index (κ2) is 5.82. The van der Waals surface area contributed by atoms with Crippen molar-refractivity contribution in [1.82, 2.24) is 9.97 Å². The Kier molecular flexibility index (Phi) is 4.14. The van der Waals surface area contributed by atoms with Gasteiger partial charge in [-0.15, -0.1) is 0 Å². The topological polar surface area (TPSA) is 64.3 Å². The van der Waals surface area contributed by atoms with E-state index in [0.29, 0.717) is 12.4 Å². The number of piperidine rings is 1. The van der Waals surface area contributed by atoms with Crippen molar-refractivity contribution in [1.29, 1.82) is 0 Å². The molecule has 0 aromatic carbocycles. The molecule has 0 spiro atoms. The van der Waals surface area contributed by atoms with Gasteiger partial charge in [0, 0.05) is 25.6 Å². The van der Waals surface area contributed by atoms with Crippen LogP contribution in [0.1, 0.15) is 25.0 Å². The molecule has 1 aromatic rings. The summed E-state index contributed by atoms with van der Waals surface area (Å²) in [5.41, 5.74) is 6.52. The van der Waals surface area contributed by atoms with Gasteiger partial charge in [0.2, 0.25) is 11.8 Å². The molecule has 0 saturated carbocycles. The van der Waals surface area contributed by atoms with Gasteiger partial charge in [-0.25, -0.2) is 4.98 Å².